The first kappa shape index (κ1) is 19.6. The number of rotatable bonds is 6. The van der Waals surface area contributed by atoms with Crippen molar-refractivity contribution >= 4 is 11.7 Å². The Morgan fingerprint density at radius 2 is 1.89 bits per heavy atom. The number of hydrogen-bond donors (Lipinski definition) is 1. The molecule has 2 aliphatic heterocycles. The highest BCUT2D eigenvalue weighted by Crippen LogP contribution is 2.16. The van der Waals surface area contributed by atoms with Crippen molar-refractivity contribution in [2.24, 2.45) is 10.9 Å². The first-order valence-electron chi connectivity index (χ1n) is 9.81. The van der Waals surface area contributed by atoms with Crippen LogP contribution in [-0.2, 0) is 20.9 Å². The molecule has 2 aliphatic rings. The highest BCUT2D eigenvalue weighted by molar-refractivity contribution is 5.98. The summed E-state index contributed by atoms with van der Waals surface area (Å²) in [5.74, 6) is 0.223. The maximum Gasteiger partial charge on any atom is 0.266 e. The molecular formula is C20H30N4O3. The van der Waals surface area contributed by atoms with Crippen molar-refractivity contribution in [2.45, 2.75) is 38.8 Å². The minimum Gasteiger partial charge on any atom is -0.381 e. The third-order valence-electron chi connectivity index (χ3n) is 5.12. The van der Waals surface area contributed by atoms with Crippen LogP contribution < -0.4 is 5.73 Å². The zero-order valence-electron chi connectivity index (χ0n) is 16.1. The largest absolute Gasteiger partial charge is 0.381 e. The average molecular weight is 374 g/mol. The summed E-state index contributed by atoms with van der Waals surface area (Å²) in [5, 5.41) is 4.06. The van der Waals surface area contributed by atoms with Crippen molar-refractivity contribution in [3.05, 3.63) is 35.4 Å². The number of piperidine rings is 1. The maximum atomic E-state index is 12.4. The molecule has 0 aromatic heterocycles. The molecule has 148 valence electrons. The van der Waals surface area contributed by atoms with Gasteiger partial charge >= 0.3 is 0 Å². The zero-order chi connectivity index (χ0) is 19.1. The molecule has 7 heteroatoms. The molecule has 1 atom stereocenters. The summed E-state index contributed by atoms with van der Waals surface area (Å²) in [6.07, 6.45) is 3.13. The van der Waals surface area contributed by atoms with E-state index >= 15 is 0 Å². The number of amidine groups is 1. The molecule has 1 aromatic rings. The van der Waals surface area contributed by atoms with Crippen molar-refractivity contribution in [3.63, 3.8) is 0 Å². The summed E-state index contributed by atoms with van der Waals surface area (Å²) in [5.41, 5.74) is 8.19. The molecular weight excluding hydrogens is 344 g/mol. The predicted molar refractivity (Wildman–Crippen MR) is 104 cm³/mol. The third kappa shape index (κ3) is 5.43. The van der Waals surface area contributed by atoms with Gasteiger partial charge in [-0.1, -0.05) is 35.8 Å². The van der Waals surface area contributed by atoms with Crippen LogP contribution in [-0.4, -0.2) is 67.0 Å². The summed E-state index contributed by atoms with van der Waals surface area (Å²) in [6.45, 7) is 7.10. The topological polar surface area (TPSA) is 80.4 Å². The number of nitrogens with zero attached hydrogens (tertiary/aromatic N) is 3. The molecule has 0 bridgehead atoms. The van der Waals surface area contributed by atoms with E-state index in [1.54, 1.807) is 11.8 Å². The number of morpholine rings is 1. The molecule has 7 nitrogen and oxygen atoms in total. The predicted octanol–water partition coefficient (Wildman–Crippen LogP) is 1.56. The summed E-state index contributed by atoms with van der Waals surface area (Å²) in [6, 6.07) is 7.99. The van der Waals surface area contributed by atoms with Gasteiger partial charge in [-0.15, -0.1) is 0 Å². The molecule has 0 saturated carbocycles. The minimum absolute atomic E-state index is 0.0866. The number of benzene rings is 1. The highest BCUT2D eigenvalue weighted by atomic mass is 16.6. The number of hydrogen-bond acceptors (Lipinski definition) is 5. The summed E-state index contributed by atoms with van der Waals surface area (Å²) in [7, 11) is 0. The lowest BCUT2D eigenvalue weighted by Gasteiger charge is -2.28. The van der Waals surface area contributed by atoms with E-state index in [4.69, 9.17) is 15.3 Å². The van der Waals surface area contributed by atoms with E-state index in [2.05, 4.69) is 16.1 Å². The van der Waals surface area contributed by atoms with Gasteiger partial charge in [0.1, 0.15) is 0 Å². The fourth-order valence-electron chi connectivity index (χ4n) is 3.54. The lowest BCUT2D eigenvalue weighted by molar-refractivity contribution is -0.146. The molecule has 0 radical (unpaired) electrons. The van der Waals surface area contributed by atoms with Crippen molar-refractivity contribution in [1.29, 1.82) is 0 Å². The van der Waals surface area contributed by atoms with Crippen LogP contribution in [0.1, 0.15) is 37.3 Å². The van der Waals surface area contributed by atoms with Crippen LogP contribution in [0.2, 0.25) is 0 Å². The van der Waals surface area contributed by atoms with Crippen LogP contribution in [0.3, 0.4) is 0 Å². The van der Waals surface area contributed by atoms with Crippen LogP contribution in [0.25, 0.3) is 0 Å². The Kier molecular flexibility index (Phi) is 7.06. The molecule has 27 heavy (non-hydrogen) atoms. The molecule has 1 amide bonds. The molecule has 2 heterocycles. The molecule has 0 aliphatic carbocycles. The van der Waals surface area contributed by atoms with Gasteiger partial charge in [-0.3, -0.25) is 9.69 Å². The van der Waals surface area contributed by atoms with Crippen molar-refractivity contribution < 1.29 is 14.4 Å². The minimum atomic E-state index is -0.670. The Balaban J connectivity index is 1.62. The maximum absolute atomic E-state index is 12.4. The van der Waals surface area contributed by atoms with E-state index in [0.29, 0.717) is 32.1 Å². The second kappa shape index (κ2) is 9.71. The zero-order valence-corrected chi connectivity index (χ0v) is 16.1. The number of likely N-dealkylation sites (tertiary alicyclic amines) is 1. The van der Waals surface area contributed by atoms with Crippen LogP contribution in [0, 0.1) is 0 Å². The van der Waals surface area contributed by atoms with Crippen LogP contribution in [0.4, 0.5) is 0 Å². The Morgan fingerprint density at radius 3 is 2.63 bits per heavy atom. The van der Waals surface area contributed by atoms with Gasteiger partial charge in [0, 0.05) is 25.2 Å². The van der Waals surface area contributed by atoms with Gasteiger partial charge < -0.3 is 20.2 Å². The van der Waals surface area contributed by atoms with Gasteiger partial charge in [0.25, 0.3) is 5.91 Å². The number of carbonyl (C=O) groups is 1. The Hall–Kier alpha value is -2.12. The number of amides is 1. The SMILES string of the molecule is CC(O/N=C(/N)c1ccccc1CN1CCCCC1)C(=O)N1CCOCC1. The quantitative estimate of drug-likeness (QED) is 0.464. The standard InChI is InChI=1S/C20H30N4O3/c1-16(20(25)24-11-13-26-14-12-24)27-22-19(21)18-8-4-3-7-17(18)15-23-9-5-2-6-10-23/h3-4,7-8,16H,2,5-6,9-15H2,1H3,(H2,21,22). The van der Waals surface area contributed by atoms with E-state index in [9.17, 15) is 4.79 Å². The van der Waals surface area contributed by atoms with Gasteiger partial charge in [-0.05, 0) is 38.4 Å². The van der Waals surface area contributed by atoms with Gasteiger partial charge in [-0.25, -0.2) is 0 Å². The summed E-state index contributed by atoms with van der Waals surface area (Å²) < 4.78 is 5.27. The normalized spacial score (nSPS) is 20.3. The summed E-state index contributed by atoms with van der Waals surface area (Å²) in [4.78, 5) is 22.0. The third-order valence-corrected chi connectivity index (χ3v) is 5.12. The van der Waals surface area contributed by atoms with Crippen molar-refractivity contribution in [2.75, 3.05) is 39.4 Å². The van der Waals surface area contributed by atoms with Crippen molar-refractivity contribution in [3.8, 4) is 0 Å². The number of ether oxygens (including phenoxy) is 1. The molecule has 1 unspecified atom stereocenters. The average Bonchev–Trinajstić information content (AvgIpc) is 2.73. The van der Waals surface area contributed by atoms with Crippen LogP contribution in [0.15, 0.2) is 29.4 Å². The van der Waals surface area contributed by atoms with Gasteiger partial charge in [0.15, 0.2) is 5.84 Å². The van der Waals surface area contributed by atoms with Gasteiger partial charge in [-0.2, -0.15) is 0 Å². The lowest BCUT2D eigenvalue weighted by atomic mass is 10.0. The number of nitrogens with two attached hydrogens (primary N) is 1. The van der Waals surface area contributed by atoms with Crippen LogP contribution >= 0.6 is 0 Å². The van der Waals surface area contributed by atoms with Gasteiger partial charge in [0.05, 0.1) is 13.2 Å². The first-order valence-corrected chi connectivity index (χ1v) is 9.81. The van der Waals surface area contributed by atoms with E-state index in [-0.39, 0.29) is 5.91 Å². The highest BCUT2D eigenvalue weighted by Gasteiger charge is 2.24. The van der Waals surface area contributed by atoms with E-state index in [1.165, 1.54) is 19.3 Å². The molecule has 0 spiro atoms. The second-order valence-corrected chi connectivity index (χ2v) is 7.16. The Morgan fingerprint density at radius 1 is 1.19 bits per heavy atom. The molecule has 2 saturated heterocycles. The molecule has 3 rings (SSSR count). The second-order valence-electron chi connectivity index (χ2n) is 7.16. The first-order chi connectivity index (χ1) is 13.1. The number of carbonyl (C=O) groups excluding carboxylic acids is 1. The fraction of sp³-hybridized carbons (Fsp3) is 0.600. The Labute approximate surface area is 161 Å². The Bertz CT molecular complexity index is 652. The van der Waals surface area contributed by atoms with Crippen molar-refractivity contribution in [1.82, 2.24) is 9.80 Å². The monoisotopic (exact) mass is 374 g/mol. The lowest BCUT2D eigenvalue weighted by Crippen LogP contribution is -2.45. The van der Waals surface area contributed by atoms with E-state index in [0.717, 1.165) is 30.8 Å². The summed E-state index contributed by atoms with van der Waals surface area (Å²) >= 11 is 0. The molecule has 1 aromatic carbocycles. The molecule has 2 N–H and O–H groups in total. The fourth-order valence-corrected chi connectivity index (χ4v) is 3.54. The van der Waals surface area contributed by atoms with E-state index < -0.39 is 6.10 Å². The smallest absolute Gasteiger partial charge is 0.266 e. The molecule has 2 fully saturated rings. The van der Waals surface area contributed by atoms with E-state index in [1.807, 2.05) is 18.2 Å². The van der Waals surface area contributed by atoms with Gasteiger partial charge in [0.2, 0.25) is 6.10 Å². The van der Waals surface area contributed by atoms with Crippen LogP contribution in [0.5, 0.6) is 0 Å². The number of oxime groups is 1.